The van der Waals surface area contributed by atoms with Gasteiger partial charge in [-0.05, 0) is 78.1 Å². The Morgan fingerprint density at radius 3 is 2.45 bits per heavy atom. The van der Waals surface area contributed by atoms with Crippen LogP contribution >= 0.6 is 0 Å². The van der Waals surface area contributed by atoms with E-state index >= 15 is 0 Å². The van der Waals surface area contributed by atoms with Gasteiger partial charge < -0.3 is 4.90 Å². The SMILES string of the molecule is O=C(NO)c1ccc2c(c1)CCCN2C(=O)C(=Cc1ccncc1)c1ccc(F)cc1. The van der Waals surface area contributed by atoms with E-state index in [0.29, 0.717) is 35.4 Å². The van der Waals surface area contributed by atoms with E-state index in [9.17, 15) is 14.0 Å². The molecule has 4 rings (SSSR count). The molecule has 0 spiro atoms. The number of hydrogen-bond donors (Lipinski definition) is 2. The Bertz CT molecular complexity index is 1140. The largest absolute Gasteiger partial charge is 0.308 e. The quantitative estimate of drug-likeness (QED) is 0.384. The second-order valence-electron chi connectivity index (χ2n) is 7.19. The molecule has 31 heavy (non-hydrogen) atoms. The molecule has 1 aromatic heterocycles. The molecule has 0 saturated carbocycles. The van der Waals surface area contributed by atoms with Gasteiger partial charge in [-0.2, -0.15) is 0 Å². The first kappa shape index (κ1) is 20.4. The van der Waals surface area contributed by atoms with E-state index in [4.69, 9.17) is 5.21 Å². The minimum atomic E-state index is -0.601. The number of hydroxylamine groups is 1. The maximum Gasteiger partial charge on any atom is 0.274 e. The van der Waals surface area contributed by atoms with Crippen molar-refractivity contribution in [3.8, 4) is 0 Å². The zero-order valence-electron chi connectivity index (χ0n) is 16.6. The maximum absolute atomic E-state index is 13.7. The van der Waals surface area contributed by atoms with Gasteiger partial charge in [0.1, 0.15) is 5.82 Å². The van der Waals surface area contributed by atoms with Crippen LogP contribution in [0.25, 0.3) is 11.6 Å². The number of halogens is 1. The van der Waals surface area contributed by atoms with Gasteiger partial charge in [0, 0.05) is 35.8 Å². The van der Waals surface area contributed by atoms with Gasteiger partial charge >= 0.3 is 0 Å². The molecule has 1 aliphatic heterocycles. The van der Waals surface area contributed by atoms with Crippen molar-refractivity contribution in [3.05, 3.63) is 95.1 Å². The van der Waals surface area contributed by atoms with E-state index in [0.717, 1.165) is 17.5 Å². The summed E-state index contributed by atoms with van der Waals surface area (Å²) in [5.41, 5.74) is 5.35. The number of aryl methyl sites for hydroxylation is 1. The van der Waals surface area contributed by atoms with Gasteiger partial charge in [0.25, 0.3) is 11.8 Å². The number of amides is 2. The minimum Gasteiger partial charge on any atom is -0.308 e. The normalized spacial score (nSPS) is 13.5. The summed E-state index contributed by atoms with van der Waals surface area (Å²) in [6.07, 6.45) is 6.49. The van der Waals surface area contributed by atoms with Crippen molar-refractivity contribution >= 4 is 29.2 Å². The third kappa shape index (κ3) is 4.36. The molecule has 0 unspecified atom stereocenters. The monoisotopic (exact) mass is 417 g/mol. The second-order valence-corrected chi connectivity index (χ2v) is 7.19. The molecular weight excluding hydrogens is 397 g/mol. The number of benzene rings is 2. The summed E-state index contributed by atoms with van der Waals surface area (Å²) in [5, 5.41) is 8.89. The first-order valence-corrected chi connectivity index (χ1v) is 9.83. The Morgan fingerprint density at radius 2 is 1.74 bits per heavy atom. The lowest BCUT2D eigenvalue weighted by Gasteiger charge is -2.30. The molecule has 0 aliphatic carbocycles. The highest BCUT2D eigenvalue weighted by molar-refractivity contribution is 6.30. The van der Waals surface area contributed by atoms with Crippen LogP contribution < -0.4 is 10.4 Å². The molecule has 0 bridgehead atoms. The van der Waals surface area contributed by atoms with E-state index in [1.807, 2.05) is 0 Å². The second kappa shape index (κ2) is 8.89. The molecule has 7 heteroatoms. The highest BCUT2D eigenvalue weighted by atomic mass is 19.1. The van der Waals surface area contributed by atoms with E-state index in [2.05, 4.69) is 4.98 Å². The lowest BCUT2D eigenvalue weighted by Crippen LogP contribution is -2.36. The summed E-state index contributed by atoms with van der Waals surface area (Å²) >= 11 is 0. The summed E-state index contributed by atoms with van der Waals surface area (Å²) in [6.45, 7) is 0.520. The summed E-state index contributed by atoms with van der Waals surface area (Å²) in [5.74, 6) is -1.20. The highest BCUT2D eigenvalue weighted by Gasteiger charge is 2.26. The number of fused-ring (bicyclic) bond motifs is 1. The molecule has 2 N–H and O–H groups in total. The topological polar surface area (TPSA) is 82.5 Å². The van der Waals surface area contributed by atoms with Crippen molar-refractivity contribution in [1.82, 2.24) is 10.5 Å². The number of aromatic nitrogens is 1. The lowest BCUT2D eigenvalue weighted by molar-refractivity contribution is -0.113. The van der Waals surface area contributed by atoms with Gasteiger partial charge in [-0.25, -0.2) is 9.87 Å². The number of nitrogens with one attached hydrogen (secondary N) is 1. The van der Waals surface area contributed by atoms with Crippen LogP contribution in [0.5, 0.6) is 0 Å². The zero-order valence-corrected chi connectivity index (χ0v) is 16.6. The van der Waals surface area contributed by atoms with Crippen molar-refractivity contribution in [2.24, 2.45) is 0 Å². The summed E-state index contributed by atoms with van der Waals surface area (Å²) in [6, 6.07) is 14.4. The van der Waals surface area contributed by atoms with E-state index in [-0.39, 0.29) is 11.7 Å². The number of rotatable bonds is 4. The fraction of sp³-hybridized carbons (Fsp3) is 0.125. The Labute approximate surface area is 178 Å². The van der Waals surface area contributed by atoms with Crippen LogP contribution in [0, 0.1) is 5.82 Å². The molecular formula is C24H20FN3O3. The number of carbonyl (C=O) groups excluding carboxylic acids is 2. The molecule has 2 heterocycles. The number of nitrogens with zero attached hydrogens (tertiary/aromatic N) is 2. The third-order valence-electron chi connectivity index (χ3n) is 5.21. The molecule has 2 aromatic carbocycles. The van der Waals surface area contributed by atoms with Crippen LogP contribution in [0.2, 0.25) is 0 Å². The molecule has 3 aromatic rings. The number of anilines is 1. The van der Waals surface area contributed by atoms with Crippen LogP contribution in [-0.2, 0) is 11.2 Å². The van der Waals surface area contributed by atoms with Crippen molar-refractivity contribution in [2.45, 2.75) is 12.8 Å². The van der Waals surface area contributed by atoms with Gasteiger partial charge in [-0.3, -0.25) is 19.8 Å². The van der Waals surface area contributed by atoms with E-state index in [1.54, 1.807) is 71.3 Å². The molecule has 156 valence electrons. The smallest absolute Gasteiger partial charge is 0.274 e. The van der Waals surface area contributed by atoms with Crippen LogP contribution in [0.15, 0.2) is 67.0 Å². The average Bonchev–Trinajstić information content (AvgIpc) is 2.82. The Morgan fingerprint density at radius 1 is 1.03 bits per heavy atom. The molecule has 1 aliphatic rings. The number of hydrogen-bond acceptors (Lipinski definition) is 4. The van der Waals surface area contributed by atoms with Crippen LogP contribution in [0.4, 0.5) is 10.1 Å². The summed E-state index contributed by atoms with van der Waals surface area (Å²) < 4.78 is 13.5. The Balaban J connectivity index is 1.75. The van der Waals surface area contributed by atoms with Crippen molar-refractivity contribution in [1.29, 1.82) is 0 Å². The summed E-state index contributed by atoms with van der Waals surface area (Å²) in [7, 11) is 0. The number of carbonyl (C=O) groups is 2. The minimum absolute atomic E-state index is 0.219. The summed E-state index contributed by atoms with van der Waals surface area (Å²) in [4.78, 5) is 31.1. The number of pyridine rings is 1. The Hall–Kier alpha value is -3.84. The third-order valence-corrected chi connectivity index (χ3v) is 5.21. The van der Waals surface area contributed by atoms with E-state index in [1.165, 1.54) is 12.1 Å². The molecule has 6 nitrogen and oxygen atoms in total. The van der Waals surface area contributed by atoms with Gasteiger partial charge in [-0.15, -0.1) is 0 Å². The van der Waals surface area contributed by atoms with Crippen LogP contribution in [0.3, 0.4) is 0 Å². The Kier molecular flexibility index (Phi) is 5.86. The van der Waals surface area contributed by atoms with Crippen LogP contribution in [-0.4, -0.2) is 28.6 Å². The first-order chi connectivity index (χ1) is 15.1. The predicted octanol–water partition coefficient (Wildman–Crippen LogP) is 3.86. The van der Waals surface area contributed by atoms with Crippen molar-refractivity contribution in [3.63, 3.8) is 0 Å². The molecule has 2 amide bonds. The molecule has 0 saturated heterocycles. The van der Waals surface area contributed by atoms with Crippen LogP contribution in [0.1, 0.15) is 33.5 Å². The van der Waals surface area contributed by atoms with Gasteiger partial charge in [0.2, 0.25) is 0 Å². The maximum atomic E-state index is 13.7. The standard InChI is InChI=1S/C24H20FN3O3/c25-20-6-3-17(4-7-20)21(14-16-9-11-26-12-10-16)24(30)28-13-1-2-18-15-19(23(29)27-31)5-8-22(18)28/h3-12,14-15,31H,1-2,13H2,(H,27,29). The average molecular weight is 417 g/mol. The predicted molar refractivity (Wildman–Crippen MR) is 115 cm³/mol. The van der Waals surface area contributed by atoms with Crippen molar-refractivity contribution in [2.75, 3.05) is 11.4 Å². The van der Waals surface area contributed by atoms with Gasteiger partial charge in [0.05, 0.1) is 0 Å². The molecule has 0 fully saturated rings. The van der Waals surface area contributed by atoms with Crippen molar-refractivity contribution < 1.29 is 19.2 Å². The van der Waals surface area contributed by atoms with Gasteiger partial charge in [0.15, 0.2) is 0 Å². The molecule has 0 radical (unpaired) electrons. The zero-order chi connectivity index (χ0) is 21.8. The first-order valence-electron chi connectivity index (χ1n) is 9.83. The lowest BCUT2D eigenvalue weighted by atomic mass is 9.96. The fourth-order valence-corrected chi connectivity index (χ4v) is 3.68. The van der Waals surface area contributed by atoms with E-state index < -0.39 is 5.91 Å². The van der Waals surface area contributed by atoms with Gasteiger partial charge in [-0.1, -0.05) is 12.1 Å². The fourth-order valence-electron chi connectivity index (χ4n) is 3.68. The molecule has 0 atom stereocenters. The highest BCUT2D eigenvalue weighted by Crippen LogP contribution is 2.32.